The molecule has 3 saturated heterocycles. The van der Waals surface area contributed by atoms with Gasteiger partial charge in [0.25, 0.3) is 11.8 Å². The molecule has 190 valence electrons. The zero-order valence-electron chi connectivity index (χ0n) is 20.0. The highest BCUT2D eigenvalue weighted by atomic mass is 32.2. The first-order valence-electron chi connectivity index (χ1n) is 12.5. The molecule has 4 aliphatic heterocycles. The third-order valence-electron chi connectivity index (χ3n) is 6.98. The molecule has 3 fully saturated rings. The Bertz CT molecular complexity index is 1010. The molecule has 0 aliphatic carbocycles. The average molecular weight is 506 g/mol. The van der Waals surface area contributed by atoms with Crippen molar-refractivity contribution in [2.75, 3.05) is 65.6 Å². The fourth-order valence-electron chi connectivity index (χ4n) is 5.00. The molecule has 7 nitrogen and oxygen atoms in total. The number of likely N-dealkylation sites (tertiary alicyclic amines) is 2. The largest absolute Gasteiger partial charge is 0.378 e. The van der Waals surface area contributed by atoms with E-state index in [1.54, 1.807) is 11.8 Å². The molecule has 0 spiro atoms. The fourth-order valence-corrected chi connectivity index (χ4v) is 6.08. The second-order valence-corrected chi connectivity index (χ2v) is 10.6. The summed E-state index contributed by atoms with van der Waals surface area (Å²) in [7, 11) is 0. The molecule has 0 saturated carbocycles. The number of ether oxygens (including phenoxy) is 1. The van der Waals surface area contributed by atoms with E-state index in [4.69, 9.17) is 4.74 Å². The number of rotatable bonds is 4. The van der Waals surface area contributed by atoms with Crippen LogP contribution in [0.25, 0.3) is 11.3 Å². The Hall–Kier alpha value is -2.01. The first-order chi connectivity index (χ1) is 17.0. The van der Waals surface area contributed by atoms with Crippen molar-refractivity contribution in [3.05, 3.63) is 35.5 Å². The van der Waals surface area contributed by atoms with E-state index < -0.39 is 5.92 Å². The van der Waals surface area contributed by atoms with Gasteiger partial charge in [-0.15, -0.1) is 11.8 Å². The summed E-state index contributed by atoms with van der Waals surface area (Å²) < 4.78 is 30.3. The number of carbonyl (C=O) groups excluding carboxylic acids is 1. The minimum absolute atomic E-state index is 0.0269. The third-order valence-corrected chi connectivity index (χ3v) is 8.08. The molecule has 1 N–H and O–H groups in total. The fraction of sp³-hybridized carbons (Fsp3) is 0.600. The number of halogens is 2. The van der Waals surface area contributed by atoms with Crippen LogP contribution in [0.1, 0.15) is 35.3 Å². The normalized spacial score (nSPS) is 21.8. The van der Waals surface area contributed by atoms with Crippen LogP contribution in [0, 0.1) is 0 Å². The van der Waals surface area contributed by atoms with Crippen molar-refractivity contribution in [3.63, 3.8) is 0 Å². The summed E-state index contributed by atoms with van der Waals surface area (Å²) in [6.45, 7) is 6.56. The van der Waals surface area contributed by atoms with Gasteiger partial charge in [-0.05, 0) is 32.0 Å². The number of fused-ring (bicyclic) bond motifs is 3. The predicted octanol–water partition coefficient (Wildman–Crippen LogP) is 3.58. The molecule has 0 atom stereocenters. The predicted molar refractivity (Wildman–Crippen MR) is 132 cm³/mol. The second kappa shape index (κ2) is 10.9. The summed E-state index contributed by atoms with van der Waals surface area (Å²) in [6, 6.07) is 8.20. The lowest BCUT2D eigenvalue weighted by Gasteiger charge is -2.40. The maximum absolute atomic E-state index is 12.6. The van der Waals surface area contributed by atoms with E-state index in [2.05, 4.69) is 27.2 Å². The molecule has 35 heavy (non-hydrogen) atoms. The van der Waals surface area contributed by atoms with Crippen LogP contribution in [0.5, 0.6) is 0 Å². The second-order valence-electron chi connectivity index (χ2n) is 9.58. The molecule has 4 aliphatic rings. The van der Waals surface area contributed by atoms with Crippen LogP contribution in [0.2, 0.25) is 0 Å². The number of nitrogens with zero attached hydrogens (tertiary/aromatic N) is 4. The smallest absolute Gasteiger partial charge is 0.272 e. The molecule has 0 unspecified atom stereocenters. The highest BCUT2D eigenvalue weighted by molar-refractivity contribution is 7.98. The molecule has 1 aromatic carbocycles. The number of hydrogen-bond donors (Lipinski definition) is 1. The number of aromatic nitrogens is 2. The molecule has 5 heterocycles. The van der Waals surface area contributed by atoms with Crippen LogP contribution in [0.15, 0.2) is 29.2 Å². The Balaban J connectivity index is 0.000000158. The van der Waals surface area contributed by atoms with Gasteiger partial charge < -0.3 is 14.5 Å². The number of thioether (sulfide) groups is 1. The summed E-state index contributed by atoms with van der Waals surface area (Å²) in [5, 5.41) is 7.36. The Morgan fingerprint density at radius 2 is 1.74 bits per heavy atom. The monoisotopic (exact) mass is 505 g/mol. The van der Waals surface area contributed by atoms with Crippen molar-refractivity contribution < 1.29 is 18.3 Å². The molecule has 6 rings (SSSR count). The van der Waals surface area contributed by atoms with Crippen molar-refractivity contribution in [1.82, 2.24) is 24.9 Å². The van der Waals surface area contributed by atoms with E-state index in [9.17, 15) is 13.6 Å². The molecule has 2 aromatic rings. The summed E-state index contributed by atoms with van der Waals surface area (Å²) in [5.41, 5.74) is 3.69. The SMILES string of the molecule is FC1(F)CN(CCN2CCCCC2)C1.O=C(c1[nH]nc2c1CSc1ccccc1-2)N1CCOCC1. The van der Waals surface area contributed by atoms with Crippen LogP contribution in [-0.4, -0.2) is 102 Å². The highest BCUT2D eigenvalue weighted by Gasteiger charge is 2.43. The van der Waals surface area contributed by atoms with E-state index in [1.807, 2.05) is 21.9 Å². The molecule has 1 amide bonds. The molecule has 1 aromatic heterocycles. The molecule has 0 bridgehead atoms. The van der Waals surface area contributed by atoms with Crippen molar-refractivity contribution in [1.29, 1.82) is 0 Å². The molecular formula is C25H33F2N5O2S. The van der Waals surface area contributed by atoms with Crippen molar-refractivity contribution in [2.24, 2.45) is 0 Å². The minimum Gasteiger partial charge on any atom is -0.378 e. The Labute approximate surface area is 209 Å². The number of aromatic amines is 1. The Morgan fingerprint density at radius 1 is 1.03 bits per heavy atom. The molecule has 0 radical (unpaired) electrons. The lowest BCUT2D eigenvalue weighted by Crippen LogP contribution is -2.57. The lowest BCUT2D eigenvalue weighted by molar-refractivity contribution is -0.131. The first kappa shape index (κ1) is 24.7. The quantitative estimate of drug-likeness (QED) is 0.686. The number of carbonyl (C=O) groups is 1. The van der Waals surface area contributed by atoms with E-state index >= 15 is 0 Å². The zero-order valence-corrected chi connectivity index (χ0v) is 20.8. The summed E-state index contributed by atoms with van der Waals surface area (Å²) in [5.74, 6) is -1.58. The highest BCUT2D eigenvalue weighted by Crippen LogP contribution is 2.41. The van der Waals surface area contributed by atoms with Gasteiger partial charge in [-0.25, -0.2) is 8.78 Å². The minimum atomic E-state index is -2.40. The molecular weight excluding hydrogens is 472 g/mol. The standard InChI is InChI=1S/C15H15N3O2S.C10H18F2N2/c19-15(18-5-7-20-8-6-18)14-11-9-21-12-4-2-1-3-10(12)13(11)16-17-14;11-10(12)8-14(9-10)7-6-13-4-2-1-3-5-13/h1-4H,5-9H2,(H,16,17);1-9H2. The number of H-pyrrole nitrogens is 1. The van der Waals surface area contributed by atoms with Gasteiger partial charge in [0.1, 0.15) is 5.69 Å². The van der Waals surface area contributed by atoms with Gasteiger partial charge in [0.15, 0.2) is 0 Å². The number of alkyl halides is 2. The molecule has 10 heteroatoms. The number of morpholine rings is 1. The maximum atomic E-state index is 12.6. The Kier molecular flexibility index (Phi) is 7.71. The van der Waals surface area contributed by atoms with Crippen LogP contribution < -0.4 is 0 Å². The van der Waals surface area contributed by atoms with Crippen LogP contribution >= 0.6 is 11.8 Å². The number of benzene rings is 1. The lowest BCUT2D eigenvalue weighted by atomic mass is 10.1. The Morgan fingerprint density at radius 3 is 2.49 bits per heavy atom. The van der Waals surface area contributed by atoms with Gasteiger partial charge in [-0.1, -0.05) is 24.6 Å². The van der Waals surface area contributed by atoms with Crippen LogP contribution in [0.3, 0.4) is 0 Å². The van der Waals surface area contributed by atoms with Crippen LogP contribution in [-0.2, 0) is 10.5 Å². The van der Waals surface area contributed by atoms with Gasteiger partial charge in [0, 0.05) is 48.0 Å². The van der Waals surface area contributed by atoms with E-state index in [-0.39, 0.29) is 19.0 Å². The summed E-state index contributed by atoms with van der Waals surface area (Å²) in [4.78, 5) is 19.9. The summed E-state index contributed by atoms with van der Waals surface area (Å²) >= 11 is 1.76. The van der Waals surface area contributed by atoms with Gasteiger partial charge in [0.05, 0.1) is 32.0 Å². The van der Waals surface area contributed by atoms with E-state index in [0.29, 0.717) is 32.0 Å². The van der Waals surface area contributed by atoms with Gasteiger partial charge in [-0.2, -0.15) is 5.10 Å². The van der Waals surface area contributed by atoms with Gasteiger partial charge in [-0.3, -0.25) is 14.8 Å². The van der Waals surface area contributed by atoms with E-state index in [0.717, 1.165) is 48.8 Å². The summed E-state index contributed by atoms with van der Waals surface area (Å²) in [6.07, 6.45) is 3.88. The number of amides is 1. The topological polar surface area (TPSA) is 64.7 Å². The zero-order chi connectivity index (χ0) is 24.3. The number of hydrogen-bond acceptors (Lipinski definition) is 6. The number of nitrogens with one attached hydrogen (secondary N) is 1. The van der Waals surface area contributed by atoms with Gasteiger partial charge >= 0.3 is 0 Å². The van der Waals surface area contributed by atoms with Crippen LogP contribution in [0.4, 0.5) is 8.78 Å². The van der Waals surface area contributed by atoms with Crippen molar-refractivity contribution in [3.8, 4) is 11.3 Å². The van der Waals surface area contributed by atoms with Gasteiger partial charge in [0.2, 0.25) is 0 Å². The third kappa shape index (κ3) is 5.87. The van der Waals surface area contributed by atoms with E-state index in [1.165, 1.54) is 24.2 Å². The van der Waals surface area contributed by atoms with Crippen molar-refractivity contribution >= 4 is 17.7 Å². The first-order valence-corrected chi connectivity index (χ1v) is 13.5. The maximum Gasteiger partial charge on any atom is 0.272 e. The van der Waals surface area contributed by atoms with Crippen molar-refractivity contribution in [2.45, 2.75) is 35.8 Å². The number of piperidine rings is 1. The average Bonchev–Trinajstić information content (AvgIpc) is 3.32.